The van der Waals surface area contributed by atoms with Crippen molar-refractivity contribution in [2.75, 3.05) is 13.7 Å². The number of nitrogens with zero attached hydrogens (tertiary/aromatic N) is 1. The number of halogens is 1. The minimum absolute atomic E-state index is 0.172. The molecule has 3 rings (SSSR count). The summed E-state index contributed by atoms with van der Waals surface area (Å²) in [5.41, 5.74) is 3.56. The second kappa shape index (κ2) is 10.9. The van der Waals surface area contributed by atoms with E-state index in [1.165, 1.54) is 6.21 Å². The fourth-order valence-corrected chi connectivity index (χ4v) is 2.67. The average molecular weight is 483 g/mol. The van der Waals surface area contributed by atoms with Gasteiger partial charge in [-0.05, 0) is 78.4 Å². The predicted octanol–water partition coefficient (Wildman–Crippen LogP) is 4.21. The molecule has 158 valence electrons. The average Bonchev–Trinajstić information content (AvgIpc) is 2.79. The number of rotatable bonds is 8. The first kappa shape index (κ1) is 22.0. The number of hydrogen-bond donors (Lipinski definition) is 1. The highest BCUT2D eigenvalue weighted by molar-refractivity contribution is 9.10. The Kier molecular flexibility index (Phi) is 7.78. The SMILES string of the molecule is COc1ccc(OCC(=O)N/N=C\c2ccc(OC(=O)c3ccc(Br)cc3)cc2)cc1. The summed E-state index contributed by atoms with van der Waals surface area (Å²) in [4.78, 5) is 23.9. The van der Waals surface area contributed by atoms with Crippen LogP contribution in [0.5, 0.6) is 17.2 Å². The lowest BCUT2D eigenvalue weighted by Gasteiger charge is -2.06. The highest BCUT2D eigenvalue weighted by Gasteiger charge is 2.08. The van der Waals surface area contributed by atoms with Crippen LogP contribution < -0.4 is 19.6 Å². The lowest BCUT2D eigenvalue weighted by molar-refractivity contribution is -0.123. The first-order chi connectivity index (χ1) is 15.0. The molecule has 8 heteroatoms. The Bertz CT molecular complexity index is 1050. The predicted molar refractivity (Wildman–Crippen MR) is 120 cm³/mol. The van der Waals surface area contributed by atoms with Crippen LogP contribution >= 0.6 is 15.9 Å². The quantitative estimate of drug-likeness (QED) is 0.225. The van der Waals surface area contributed by atoms with Crippen LogP contribution in [0.1, 0.15) is 15.9 Å². The fraction of sp³-hybridized carbons (Fsp3) is 0.0870. The van der Waals surface area contributed by atoms with Crippen molar-refractivity contribution in [2.45, 2.75) is 0 Å². The van der Waals surface area contributed by atoms with Crippen LogP contribution in [0.2, 0.25) is 0 Å². The molecule has 0 unspecified atom stereocenters. The standard InChI is InChI=1S/C23H19BrN2O5/c1-29-19-10-12-20(13-11-19)30-15-22(27)26-25-14-16-2-8-21(9-3-16)31-23(28)17-4-6-18(24)7-5-17/h2-14H,15H2,1H3,(H,26,27)/b25-14-. The van der Waals surface area contributed by atoms with Crippen LogP contribution in [0.15, 0.2) is 82.4 Å². The van der Waals surface area contributed by atoms with Gasteiger partial charge in [0.25, 0.3) is 5.91 Å². The molecule has 0 atom stereocenters. The van der Waals surface area contributed by atoms with E-state index in [1.807, 2.05) is 0 Å². The van der Waals surface area contributed by atoms with Gasteiger partial charge in [-0.25, -0.2) is 10.2 Å². The smallest absolute Gasteiger partial charge is 0.343 e. The van der Waals surface area contributed by atoms with Crippen molar-refractivity contribution in [2.24, 2.45) is 5.10 Å². The monoisotopic (exact) mass is 482 g/mol. The van der Waals surface area contributed by atoms with E-state index in [0.29, 0.717) is 22.8 Å². The van der Waals surface area contributed by atoms with Gasteiger partial charge < -0.3 is 14.2 Å². The Morgan fingerprint density at radius 3 is 2.16 bits per heavy atom. The molecular weight excluding hydrogens is 464 g/mol. The zero-order valence-corrected chi connectivity index (χ0v) is 18.2. The third-order valence-electron chi connectivity index (χ3n) is 4.00. The Morgan fingerprint density at radius 1 is 0.903 bits per heavy atom. The molecular formula is C23H19BrN2O5. The topological polar surface area (TPSA) is 86.2 Å². The summed E-state index contributed by atoms with van der Waals surface area (Å²) in [6, 6.07) is 20.5. The van der Waals surface area contributed by atoms with Gasteiger partial charge in [0.1, 0.15) is 17.2 Å². The molecule has 1 amide bonds. The molecule has 0 spiro atoms. The Morgan fingerprint density at radius 2 is 1.52 bits per heavy atom. The van der Waals surface area contributed by atoms with Crippen LogP contribution in [-0.2, 0) is 4.79 Å². The maximum absolute atomic E-state index is 12.1. The highest BCUT2D eigenvalue weighted by Crippen LogP contribution is 2.17. The van der Waals surface area contributed by atoms with Crippen molar-refractivity contribution < 1.29 is 23.8 Å². The molecule has 0 saturated heterocycles. The summed E-state index contributed by atoms with van der Waals surface area (Å²) in [6.45, 7) is -0.172. The van der Waals surface area contributed by atoms with Gasteiger partial charge in [0, 0.05) is 4.47 Å². The van der Waals surface area contributed by atoms with Gasteiger partial charge >= 0.3 is 5.97 Å². The number of amides is 1. The van der Waals surface area contributed by atoms with E-state index < -0.39 is 11.9 Å². The molecule has 0 bridgehead atoms. The number of esters is 1. The van der Waals surface area contributed by atoms with Gasteiger partial charge in [0.2, 0.25) is 0 Å². The Labute approximate surface area is 187 Å². The van der Waals surface area contributed by atoms with E-state index in [2.05, 4.69) is 26.5 Å². The third kappa shape index (κ3) is 6.97. The molecule has 0 saturated carbocycles. The number of carbonyl (C=O) groups excluding carboxylic acids is 2. The van der Waals surface area contributed by atoms with Crippen molar-refractivity contribution in [1.29, 1.82) is 0 Å². The Hall–Kier alpha value is -3.65. The molecule has 0 heterocycles. The summed E-state index contributed by atoms with van der Waals surface area (Å²) >= 11 is 3.32. The maximum Gasteiger partial charge on any atom is 0.343 e. The number of benzene rings is 3. The molecule has 0 radical (unpaired) electrons. The molecule has 3 aromatic rings. The van der Waals surface area contributed by atoms with Crippen molar-refractivity contribution in [1.82, 2.24) is 5.43 Å². The molecule has 31 heavy (non-hydrogen) atoms. The van der Waals surface area contributed by atoms with Gasteiger partial charge in [0.05, 0.1) is 18.9 Å². The first-order valence-corrected chi connectivity index (χ1v) is 9.99. The molecule has 0 aromatic heterocycles. The van der Waals surface area contributed by atoms with Gasteiger partial charge in [-0.3, -0.25) is 4.79 Å². The highest BCUT2D eigenvalue weighted by atomic mass is 79.9. The van der Waals surface area contributed by atoms with Crippen molar-refractivity contribution in [3.63, 3.8) is 0 Å². The minimum Gasteiger partial charge on any atom is -0.497 e. The van der Waals surface area contributed by atoms with Crippen molar-refractivity contribution in [3.8, 4) is 17.2 Å². The van der Waals surface area contributed by atoms with E-state index in [4.69, 9.17) is 14.2 Å². The number of nitrogens with one attached hydrogen (secondary N) is 1. The van der Waals surface area contributed by atoms with E-state index >= 15 is 0 Å². The summed E-state index contributed by atoms with van der Waals surface area (Å²) < 4.78 is 16.6. The number of hydrogen-bond acceptors (Lipinski definition) is 6. The van der Waals surface area contributed by atoms with E-state index in [0.717, 1.165) is 10.0 Å². The summed E-state index contributed by atoms with van der Waals surface area (Å²) in [5, 5.41) is 3.89. The van der Waals surface area contributed by atoms with Gasteiger partial charge in [-0.15, -0.1) is 0 Å². The number of methoxy groups -OCH3 is 1. The van der Waals surface area contributed by atoms with Crippen LogP contribution in [0, 0.1) is 0 Å². The number of carbonyl (C=O) groups is 2. The van der Waals surface area contributed by atoms with Crippen LogP contribution in [0.4, 0.5) is 0 Å². The second-order valence-electron chi connectivity index (χ2n) is 6.22. The second-order valence-corrected chi connectivity index (χ2v) is 7.14. The third-order valence-corrected chi connectivity index (χ3v) is 4.53. The molecule has 0 aliphatic rings. The maximum atomic E-state index is 12.1. The lowest BCUT2D eigenvalue weighted by atomic mass is 10.2. The van der Waals surface area contributed by atoms with Crippen molar-refractivity contribution >= 4 is 34.0 Å². The summed E-state index contributed by atoms with van der Waals surface area (Å²) in [7, 11) is 1.57. The molecule has 7 nitrogen and oxygen atoms in total. The normalized spacial score (nSPS) is 10.5. The van der Waals surface area contributed by atoms with E-state index in [9.17, 15) is 9.59 Å². The van der Waals surface area contributed by atoms with Gasteiger partial charge in [-0.1, -0.05) is 15.9 Å². The zero-order valence-electron chi connectivity index (χ0n) is 16.6. The molecule has 3 aromatic carbocycles. The van der Waals surface area contributed by atoms with Crippen molar-refractivity contribution in [3.05, 3.63) is 88.4 Å². The van der Waals surface area contributed by atoms with Crippen LogP contribution in [0.25, 0.3) is 0 Å². The molecule has 0 aliphatic carbocycles. The molecule has 1 N–H and O–H groups in total. The van der Waals surface area contributed by atoms with Gasteiger partial charge in [0.15, 0.2) is 6.61 Å². The molecule has 0 fully saturated rings. The first-order valence-electron chi connectivity index (χ1n) is 9.20. The largest absolute Gasteiger partial charge is 0.497 e. The lowest BCUT2D eigenvalue weighted by Crippen LogP contribution is -2.24. The fourth-order valence-electron chi connectivity index (χ4n) is 2.41. The minimum atomic E-state index is -0.446. The van der Waals surface area contributed by atoms with E-state index in [-0.39, 0.29) is 6.61 Å². The van der Waals surface area contributed by atoms with E-state index in [1.54, 1.807) is 79.9 Å². The zero-order chi connectivity index (χ0) is 22.1. The number of ether oxygens (including phenoxy) is 3. The number of hydrazone groups is 1. The Balaban J connectivity index is 1.44. The summed E-state index contributed by atoms with van der Waals surface area (Å²) in [5.74, 6) is 0.816. The molecule has 0 aliphatic heterocycles. The van der Waals surface area contributed by atoms with Gasteiger partial charge in [-0.2, -0.15) is 5.10 Å². The summed E-state index contributed by atoms with van der Waals surface area (Å²) in [6.07, 6.45) is 1.48. The van der Waals surface area contributed by atoms with Crippen LogP contribution in [-0.4, -0.2) is 31.8 Å². The van der Waals surface area contributed by atoms with Crippen LogP contribution in [0.3, 0.4) is 0 Å².